The van der Waals surface area contributed by atoms with Crippen molar-refractivity contribution in [3.8, 4) is 11.5 Å². The molecule has 23 heavy (non-hydrogen) atoms. The smallest absolute Gasteiger partial charge is 0.310 e. The van der Waals surface area contributed by atoms with Gasteiger partial charge in [-0.05, 0) is 42.3 Å². The number of hydrogen-bond donors (Lipinski definition) is 0. The molecule has 0 amide bonds. The average molecular weight is 309 g/mol. The Kier molecular flexibility index (Phi) is 3.93. The van der Waals surface area contributed by atoms with E-state index in [1.54, 1.807) is 56.6 Å². The van der Waals surface area contributed by atoms with Gasteiger partial charge in [-0.2, -0.15) is 0 Å². The summed E-state index contributed by atoms with van der Waals surface area (Å²) in [6, 6.07) is 6.81. The Morgan fingerprint density at radius 2 is 2.04 bits per heavy atom. The predicted octanol–water partition coefficient (Wildman–Crippen LogP) is 3.32. The number of carbonyl (C=O) groups is 2. The molecule has 0 radical (unpaired) electrons. The first kappa shape index (κ1) is 15.0. The number of ketones is 1. The number of nitrogens with zero attached hydrogens (tertiary/aromatic N) is 1. The number of pyridine rings is 1. The zero-order chi connectivity index (χ0) is 16.4. The molecule has 1 aliphatic heterocycles. The Morgan fingerprint density at radius 3 is 2.74 bits per heavy atom. The van der Waals surface area contributed by atoms with Crippen LogP contribution < -0.4 is 9.47 Å². The van der Waals surface area contributed by atoms with Crippen LogP contribution in [0.3, 0.4) is 0 Å². The zero-order valence-corrected chi connectivity index (χ0v) is 12.8. The van der Waals surface area contributed by atoms with Gasteiger partial charge in [0.05, 0.1) is 5.56 Å². The number of aromatic nitrogens is 1. The number of Topliss-reactive ketones (excluding diaryl/α,β-unsaturated/α-hetero) is 1. The molecule has 0 N–H and O–H groups in total. The lowest BCUT2D eigenvalue weighted by molar-refractivity contribution is -0.134. The van der Waals surface area contributed by atoms with Crippen molar-refractivity contribution in [2.75, 3.05) is 0 Å². The van der Waals surface area contributed by atoms with Gasteiger partial charge in [0.25, 0.3) is 0 Å². The molecule has 0 fully saturated rings. The van der Waals surface area contributed by atoms with Crippen molar-refractivity contribution in [3.05, 3.63) is 59.1 Å². The first-order chi connectivity index (χ1) is 11.1. The van der Waals surface area contributed by atoms with Gasteiger partial charge in [0.2, 0.25) is 5.78 Å². The SMILES string of the molecule is CCC(=O)Oc1cc(C)c2c(c1)O/C(=C\c1ccncc1)C2=O. The molecule has 1 aromatic heterocycles. The van der Waals surface area contributed by atoms with Crippen molar-refractivity contribution in [2.45, 2.75) is 20.3 Å². The lowest BCUT2D eigenvalue weighted by Gasteiger charge is -2.06. The molecule has 0 unspecified atom stereocenters. The topological polar surface area (TPSA) is 65.5 Å². The van der Waals surface area contributed by atoms with Crippen molar-refractivity contribution in [1.82, 2.24) is 4.98 Å². The van der Waals surface area contributed by atoms with Crippen molar-refractivity contribution >= 4 is 17.8 Å². The Hall–Kier alpha value is -2.95. The number of benzene rings is 1. The molecular formula is C18H15NO4. The third-order valence-electron chi connectivity index (χ3n) is 3.47. The van der Waals surface area contributed by atoms with E-state index in [0.29, 0.717) is 22.6 Å². The number of esters is 1. The number of carbonyl (C=O) groups excluding carboxylic acids is 2. The first-order valence-electron chi connectivity index (χ1n) is 7.28. The zero-order valence-electron chi connectivity index (χ0n) is 12.8. The minimum atomic E-state index is -0.332. The molecule has 0 bridgehead atoms. The second-order valence-electron chi connectivity index (χ2n) is 5.16. The highest BCUT2D eigenvalue weighted by molar-refractivity contribution is 6.15. The van der Waals surface area contributed by atoms with Crippen LogP contribution in [-0.2, 0) is 4.79 Å². The fraction of sp³-hybridized carbons (Fsp3) is 0.167. The van der Waals surface area contributed by atoms with Gasteiger partial charge >= 0.3 is 5.97 Å². The number of fused-ring (bicyclic) bond motifs is 1. The number of aryl methyl sites for hydroxylation is 1. The standard InChI is InChI=1S/C18H15NO4/c1-3-16(20)22-13-8-11(2)17-14(10-13)23-15(18(17)21)9-12-4-6-19-7-5-12/h4-10H,3H2,1-2H3/b15-9-. The summed E-state index contributed by atoms with van der Waals surface area (Å²) in [6.45, 7) is 3.51. The van der Waals surface area contributed by atoms with Crippen molar-refractivity contribution in [2.24, 2.45) is 0 Å². The van der Waals surface area contributed by atoms with Gasteiger partial charge in [-0.3, -0.25) is 14.6 Å². The second kappa shape index (κ2) is 6.04. The van der Waals surface area contributed by atoms with E-state index in [0.717, 1.165) is 5.56 Å². The van der Waals surface area contributed by atoms with E-state index in [-0.39, 0.29) is 23.9 Å². The Morgan fingerprint density at radius 1 is 1.30 bits per heavy atom. The molecule has 0 saturated heterocycles. The van der Waals surface area contributed by atoms with Gasteiger partial charge in [0.1, 0.15) is 11.5 Å². The minimum Gasteiger partial charge on any atom is -0.452 e. The monoisotopic (exact) mass is 309 g/mol. The highest BCUT2D eigenvalue weighted by Crippen LogP contribution is 2.37. The number of hydrogen-bond acceptors (Lipinski definition) is 5. The molecule has 2 aromatic rings. The molecule has 5 heteroatoms. The Bertz CT molecular complexity index is 809. The Labute approximate surface area is 133 Å². The quantitative estimate of drug-likeness (QED) is 0.494. The Balaban J connectivity index is 1.94. The van der Waals surface area contributed by atoms with E-state index in [4.69, 9.17) is 9.47 Å². The van der Waals surface area contributed by atoms with Crippen molar-refractivity contribution in [1.29, 1.82) is 0 Å². The van der Waals surface area contributed by atoms with E-state index >= 15 is 0 Å². The van der Waals surface area contributed by atoms with E-state index in [2.05, 4.69) is 4.98 Å². The highest BCUT2D eigenvalue weighted by atomic mass is 16.5. The molecule has 2 heterocycles. The number of rotatable bonds is 3. The molecule has 0 spiro atoms. The summed E-state index contributed by atoms with van der Waals surface area (Å²) >= 11 is 0. The minimum absolute atomic E-state index is 0.178. The largest absolute Gasteiger partial charge is 0.452 e. The number of allylic oxidation sites excluding steroid dienone is 1. The predicted molar refractivity (Wildman–Crippen MR) is 84.3 cm³/mol. The van der Waals surface area contributed by atoms with Crippen LogP contribution >= 0.6 is 0 Å². The number of ether oxygens (including phenoxy) is 2. The second-order valence-corrected chi connectivity index (χ2v) is 5.16. The maximum absolute atomic E-state index is 12.5. The summed E-state index contributed by atoms with van der Waals surface area (Å²) < 4.78 is 10.9. The molecule has 116 valence electrons. The van der Waals surface area contributed by atoms with Crippen LogP contribution in [0, 0.1) is 6.92 Å². The lowest BCUT2D eigenvalue weighted by Crippen LogP contribution is -2.06. The van der Waals surface area contributed by atoms with E-state index in [1.165, 1.54) is 0 Å². The van der Waals surface area contributed by atoms with Gasteiger partial charge in [-0.15, -0.1) is 0 Å². The summed E-state index contributed by atoms with van der Waals surface area (Å²) in [5.74, 6) is 0.525. The molecule has 5 nitrogen and oxygen atoms in total. The normalized spacial score (nSPS) is 14.5. The van der Waals surface area contributed by atoms with Crippen molar-refractivity contribution in [3.63, 3.8) is 0 Å². The summed E-state index contributed by atoms with van der Waals surface area (Å²) in [6.07, 6.45) is 5.24. The van der Waals surface area contributed by atoms with Crippen LogP contribution in [0.1, 0.15) is 34.8 Å². The molecule has 0 saturated carbocycles. The van der Waals surface area contributed by atoms with Crippen LogP contribution in [0.4, 0.5) is 0 Å². The van der Waals surface area contributed by atoms with Gasteiger partial charge in [0, 0.05) is 24.9 Å². The van der Waals surface area contributed by atoms with E-state index in [9.17, 15) is 9.59 Å². The summed E-state index contributed by atoms with van der Waals surface area (Å²) in [7, 11) is 0. The van der Waals surface area contributed by atoms with Gasteiger partial charge in [-0.1, -0.05) is 6.92 Å². The molecule has 3 rings (SSSR count). The van der Waals surface area contributed by atoms with Gasteiger partial charge in [-0.25, -0.2) is 0 Å². The van der Waals surface area contributed by atoms with E-state index in [1.807, 2.05) is 0 Å². The average Bonchev–Trinajstić information content (AvgIpc) is 2.84. The van der Waals surface area contributed by atoms with Gasteiger partial charge < -0.3 is 9.47 Å². The van der Waals surface area contributed by atoms with Crippen LogP contribution in [0.15, 0.2) is 42.4 Å². The molecule has 1 aromatic carbocycles. The van der Waals surface area contributed by atoms with Crippen LogP contribution in [0.2, 0.25) is 0 Å². The summed E-state index contributed by atoms with van der Waals surface area (Å²) in [5, 5.41) is 0. The fourth-order valence-electron chi connectivity index (χ4n) is 2.35. The summed E-state index contributed by atoms with van der Waals surface area (Å²) in [4.78, 5) is 27.8. The maximum Gasteiger partial charge on any atom is 0.310 e. The summed E-state index contributed by atoms with van der Waals surface area (Å²) in [5.41, 5.74) is 2.04. The molecule has 0 atom stereocenters. The third kappa shape index (κ3) is 2.99. The lowest BCUT2D eigenvalue weighted by atomic mass is 10.0. The molecule has 1 aliphatic rings. The highest BCUT2D eigenvalue weighted by Gasteiger charge is 2.30. The van der Waals surface area contributed by atoms with Crippen molar-refractivity contribution < 1.29 is 19.1 Å². The van der Waals surface area contributed by atoms with Crippen LogP contribution in [0.5, 0.6) is 11.5 Å². The maximum atomic E-state index is 12.5. The first-order valence-corrected chi connectivity index (χ1v) is 7.28. The third-order valence-corrected chi connectivity index (χ3v) is 3.47. The fourth-order valence-corrected chi connectivity index (χ4v) is 2.35. The molecular weight excluding hydrogens is 294 g/mol. The van der Waals surface area contributed by atoms with Gasteiger partial charge in [0.15, 0.2) is 5.76 Å². The van der Waals surface area contributed by atoms with Crippen LogP contribution in [0.25, 0.3) is 6.08 Å². The van der Waals surface area contributed by atoms with E-state index < -0.39 is 0 Å². The van der Waals surface area contributed by atoms with Crippen LogP contribution in [-0.4, -0.2) is 16.7 Å². The molecule has 0 aliphatic carbocycles.